The highest BCUT2D eigenvalue weighted by molar-refractivity contribution is 5.97. The molecule has 2 rings (SSSR count). The summed E-state index contributed by atoms with van der Waals surface area (Å²) in [5, 5.41) is 2.89. The van der Waals surface area contributed by atoms with Gasteiger partial charge in [-0.15, -0.1) is 0 Å². The van der Waals surface area contributed by atoms with E-state index in [1.54, 1.807) is 0 Å². The number of rotatable bonds is 3. The van der Waals surface area contributed by atoms with Crippen LogP contribution in [0.1, 0.15) is 49.0 Å². The Kier molecular flexibility index (Phi) is 3.36. The summed E-state index contributed by atoms with van der Waals surface area (Å²) >= 11 is 0. The maximum absolute atomic E-state index is 12.0. The summed E-state index contributed by atoms with van der Waals surface area (Å²) in [7, 11) is 0. The predicted octanol–water partition coefficient (Wildman–Crippen LogP) is 2.71. The molecule has 1 amide bonds. The van der Waals surface area contributed by atoms with E-state index in [2.05, 4.69) is 12.2 Å². The Hall–Kier alpha value is -1.51. The van der Waals surface area contributed by atoms with Gasteiger partial charge < -0.3 is 10.1 Å². The van der Waals surface area contributed by atoms with Crippen LogP contribution >= 0.6 is 0 Å². The fourth-order valence-electron chi connectivity index (χ4n) is 2.10. The van der Waals surface area contributed by atoms with Gasteiger partial charge in [0, 0.05) is 18.0 Å². The van der Waals surface area contributed by atoms with Gasteiger partial charge in [0.15, 0.2) is 0 Å². The Balaban J connectivity index is 2.29. The molecule has 0 saturated carbocycles. The zero-order chi connectivity index (χ0) is 12.4. The van der Waals surface area contributed by atoms with E-state index in [0.717, 1.165) is 17.7 Å². The third kappa shape index (κ3) is 2.14. The van der Waals surface area contributed by atoms with Crippen LogP contribution < -0.4 is 10.1 Å². The van der Waals surface area contributed by atoms with Crippen LogP contribution in [0.2, 0.25) is 0 Å². The molecule has 0 aliphatic carbocycles. The van der Waals surface area contributed by atoms with Gasteiger partial charge in [0.2, 0.25) is 0 Å². The Morgan fingerprint density at radius 3 is 2.88 bits per heavy atom. The molecule has 1 aromatic rings. The van der Waals surface area contributed by atoms with Gasteiger partial charge in [0.1, 0.15) is 11.9 Å². The average molecular weight is 233 g/mol. The lowest BCUT2D eigenvalue weighted by molar-refractivity contribution is 0.0948. The number of hydrogen-bond donors (Lipinski definition) is 1. The molecule has 3 heteroatoms. The highest BCUT2D eigenvalue weighted by atomic mass is 16.5. The summed E-state index contributed by atoms with van der Waals surface area (Å²) in [6.07, 6.45) is 1.08. The number of para-hydroxylation sites is 1. The second kappa shape index (κ2) is 4.78. The number of benzene rings is 1. The van der Waals surface area contributed by atoms with Gasteiger partial charge >= 0.3 is 0 Å². The molecule has 0 radical (unpaired) electrons. The van der Waals surface area contributed by atoms with Crippen molar-refractivity contribution in [3.05, 3.63) is 29.3 Å². The van der Waals surface area contributed by atoms with Crippen LogP contribution in [0.4, 0.5) is 0 Å². The molecule has 2 unspecified atom stereocenters. The lowest BCUT2D eigenvalue weighted by Crippen LogP contribution is -2.24. The van der Waals surface area contributed by atoms with Crippen molar-refractivity contribution in [1.29, 1.82) is 0 Å². The number of nitrogens with one attached hydrogen (secondary N) is 1. The zero-order valence-electron chi connectivity index (χ0n) is 10.6. The van der Waals surface area contributed by atoms with E-state index in [1.165, 1.54) is 0 Å². The van der Waals surface area contributed by atoms with E-state index in [9.17, 15) is 4.79 Å². The van der Waals surface area contributed by atoms with Crippen molar-refractivity contribution >= 4 is 5.91 Å². The molecule has 2 atom stereocenters. The molecule has 0 fully saturated rings. The molecule has 0 spiro atoms. The fourth-order valence-corrected chi connectivity index (χ4v) is 2.10. The molecule has 0 bridgehead atoms. The molecule has 1 N–H and O–H groups in total. The number of carbonyl (C=O) groups excluding carboxylic acids is 1. The van der Waals surface area contributed by atoms with Crippen molar-refractivity contribution in [2.75, 3.05) is 6.54 Å². The molecule has 1 aromatic carbocycles. The fraction of sp³-hybridized carbons (Fsp3) is 0.500. The average Bonchev–Trinajstić information content (AvgIpc) is 2.62. The van der Waals surface area contributed by atoms with Gasteiger partial charge in [-0.3, -0.25) is 4.79 Å². The molecule has 0 saturated heterocycles. The van der Waals surface area contributed by atoms with Gasteiger partial charge in [0.05, 0.1) is 5.56 Å². The van der Waals surface area contributed by atoms with E-state index in [0.29, 0.717) is 18.0 Å². The summed E-state index contributed by atoms with van der Waals surface area (Å²) in [6.45, 7) is 6.91. The predicted molar refractivity (Wildman–Crippen MR) is 67.6 cm³/mol. The molecule has 1 aliphatic heterocycles. The highest BCUT2D eigenvalue weighted by Crippen LogP contribution is 2.40. The standard InChI is InChI=1S/C14H19NO2/c1-4-8-15-14(16)12-7-5-6-11-9(2)10(3)17-13(11)12/h5-7,9-10H,4,8H2,1-3H3,(H,15,16). The molecular formula is C14H19NO2. The molecule has 3 nitrogen and oxygen atoms in total. The van der Waals surface area contributed by atoms with E-state index < -0.39 is 0 Å². The maximum atomic E-state index is 12.0. The first-order valence-corrected chi connectivity index (χ1v) is 6.23. The molecule has 17 heavy (non-hydrogen) atoms. The quantitative estimate of drug-likeness (QED) is 0.871. The minimum Gasteiger partial charge on any atom is -0.489 e. The van der Waals surface area contributed by atoms with E-state index >= 15 is 0 Å². The first kappa shape index (κ1) is 12.0. The number of amides is 1. The summed E-state index contributed by atoms with van der Waals surface area (Å²) < 4.78 is 5.79. The number of hydrogen-bond acceptors (Lipinski definition) is 2. The maximum Gasteiger partial charge on any atom is 0.255 e. The third-order valence-electron chi connectivity index (χ3n) is 3.32. The second-order valence-corrected chi connectivity index (χ2v) is 4.59. The number of ether oxygens (including phenoxy) is 1. The normalized spacial score (nSPS) is 21.8. The van der Waals surface area contributed by atoms with E-state index in [1.807, 2.05) is 32.0 Å². The third-order valence-corrected chi connectivity index (χ3v) is 3.32. The Bertz CT molecular complexity index is 428. The Morgan fingerprint density at radius 2 is 2.18 bits per heavy atom. The minimum atomic E-state index is -0.0370. The molecule has 0 aromatic heterocycles. The zero-order valence-corrected chi connectivity index (χ0v) is 10.6. The van der Waals surface area contributed by atoms with Crippen LogP contribution in [0.25, 0.3) is 0 Å². The topological polar surface area (TPSA) is 38.3 Å². The van der Waals surface area contributed by atoms with Crippen molar-refractivity contribution in [3.63, 3.8) is 0 Å². The van der Waals surface area contributed by atoms with Gasteiger partial charge in [-0.1, -0.05) is 26.0 Å². The summed E-state index contributed by atoms with van der Waals surface area (Å²) in [6, 6.07) is 5.80. The molecular weight excluding hydrogens is 214 g/mol. The van der Waals surface area contributed by atoms with Crippen LogP contribution in [-0.2, 0) is 0 Å². The first-order chi connectivity index (χ1) is 8.15. The first-order valence-electron chi connectivity index (χ1n) is 6.23. The summed E-state index contributed by atoms with van der Waals surface area (Å²) in [5.74, 6) is 1.08. The monoisotopic (exact) mass is 233 g/mol. The van der Waals surface area contributed by atoms with Crippen molar-refractivity contribution in [3.8, 4) is 5.75 Å². The Morgan fingerprint density at radius 1 is 1.41 bits per heavy atom. The smallest absolute Gasteiger partial charge is 0.255 e. The lowest BCUT2D eigenvalue weighted by atomic mass is 9.97. The van der Waals surface area contributed by atoms with Gasteiger partial charge in [-0.25, -0.2) is 0 Å². The summed E-state index contributed by atoms with van der Waals surface area (Å²) in [5.41, 5.74) is 1.80. The molecule has 1 aliphatic rings. The van der Waals surface area contributed by atoms with E-state index in [4.69, 9.17) is 4.74 Å². The Labute approximate surface area is 102 Å². The van der Waals surface area contributed by atoms with Crippen molar-refractivity contribution < 1.29 is 9.53 Å². The minimum absolute atomic E-state index is 0.0370. The SMILES string of the molecule is CCCNC(=O)c1cccc2c1OC(C)C2C. The van der Waals surface area contributed by atoms with Gasteiger partial charge in [-0.05, 0) is 19.4 Å². The molecule has 1 heterocycles. The lowest BCUT2D eigenvalue weighted by Gasteiger charge is -2.09. The van der Waals surface area contributed by atoms with Gasteiger partial charge in [0.25, 0.3) is 5.91 Å². The van der Waals surface area contributed by atoms with Gasteiger partial charge in [-0.2, -0.15) is 0 Å². The van der Waals surface area contributed by atoms with Crippen LogP contribution in [0.15, 0.2) is 18.2 Å². The van der Waals surface area contributed by atoms with E-state index in [-0.39, 0.29) is 12.0 Å². The van der Waals surface area contributed by atoms with Crippen molar-refractivity contribution in [1.82, 2.24) is 5.32 Å². The largest absolute Gasteiger partial charge is 0.489 e. The number of fused-ring (bicyclic) bond motifs is 1. The second-order valence-electron chi connectivity index (χ2n) is 4.59. The van der Waals surface area contributed by atoms with Crippen LogP contribution in [-0.4, -0.2) is 18.6 Å². The highest BCUT2D eigenvalue weighted by Gasteiger charge is 2.30. The van der Waals surface area contributed by atoms with Crippen LogP contribution in [0.3, 0.4) is 0 Å². The number of carbonyl (C=O) groups is 1. The summed E-state index contributed by atoms with van der Waals surface area (Å²) in [4.78, 5) is 12.0. The van der Waals surface area contributed by atoms with Crippen molar-refractivity contribution in [2.45, 2.75) is 39.2 Å². The van der Waals surface area contributed by atoms with Crippen LogP contribution in [0.5, 0.6) is 5.75 Å². The van der Waals surface area contributed by atoms with Crippen molar-refractivity contribution in [2.24, 2.45) is 0 Å². The molecule has 92 valence electrons. The van der Waals surface area contributed by atoms with Crippen LogP contribution in [0, 0.1) is 0 Å².